The van der Waals surface area contributed by atoms with Gasteiger partial charge in [0.05, 0.1) is 17.3 Å². The highest BCUT2D eigenvalue weighted by atomic mass is 19.4. The first-order valence-corrected chi connectivity index (χ1v) is 6.87. The van der Waals surface area contributed by atoms with E-state index in [1.807, 2.05) is 5.43 Å². The molecule has 25 heavy (non-hydrogen) atoms. The minimum Gasteiger partial charge on any atom is -0.288 e. The van der Waals surface area contributed by atoms with Gasteiger partial charge in [-0.3, -0.25) is 14.8 Å². The first-order chi connectivity index (χ1) is 11.8. The lowest BCUT2D eigenvalue weighted by Gasteiger charge is -2.10. The van der Waals surface area contributed by atoms with Gasteiger partial charge in [-0.15, -0.1) is 0 Å². The third kappa shape index (κ3) is 4.64. The molecule has 0 saturated heterocycles. The van der Waals surface area contributed by atoms with Gasteiger partial charge in [0, 0.05) is 5.56 Å². The first-order valence-electron chi connectivity index (χ1n) is 6.87. The Morgan fingerprint density at radius 2 is 1.64 bits per heavy atom. The van der Waals surface area contributed by atoms with Crippen molar-refractivity contribution in [3.05, 3.63) is 70.8 Å². The summed E-state index contributed by atoms with van der Waals surface area (Å²) in [5.74, 6) is -1.69. The van der Waals surface area contributed by atoms with Crippen molar-refractivity contribution in [1.29, 1.82) is 0 Å². The average molecular weight is 351 g/mol. The fraction of sp³-hybridized carbons (Fsp3) is 0.0625. The smallest absolute Gasteiger partial charge is 0.288 e. The van der Waals surface area contributed by atoms with Gasteiger partial charge in [-0.25, -0.2) is 10.9 Å². The molecule has 3 N–H and O–H groups in total. The number of hydrogen-bond donors (Lipinski definition) is 3. The van der Waals surface area contributed by atoms with E-state index in [0.717, 1.165) is 12.1 Å². The molecule has 0 aliphatic rings. The summed E-state index contributed by atoms with van der Waals surface area (Å²) in [6.07, 6.45) is -3.45. The molecule has 0 aliphatic heterocycles. The third-order valence-electron chi connectivity index (χ3n) is 3.13. The summed E-state index contributed by atoms with van der Waals surface area (Å²) in [6, 6.07) is 10.1. The molecule has 0 aliphatic carbocycles. The van der Waals surface area contributed by atoms with Crippen molar-refractivity contribution in [3.8, 4) is 0 Å². The van der Waals surface area contributed by atoms with Crippen LogP contribution in [0, 0.1) is 0 Å². The van der Waals surface area contributed by atoms with Crippen LogP contribution in [0.5, 0.6) is 0 Å². The minimum absolute atomic E-state index is 0.197. The van der Waals surface area contributed by atoms with Crippen molar-refractivity contribution in [2.45, 2.75) is 6.18 Å². The Balaban J connectivity index is 2.08. The monoisotopic (exact) mass is 351 g/mol. The van der Waals surface area contributed by atoms with Gasteiger partial charge >= 0.3 is 6.18 Å². The van der Waals surface area contributed by atoms with Crippen molar-refractivity contribution in [2.75, 3.05) is 0 Å². The summed E-state index contributed by atoms with van der Waals surface area (Å²) in [5, 5.41) is 12.1. The van der Waals surface area contributed by atoms with E-state index in [0.29, 0.717) is 5.56 Å². The van der Waals surface area contributed by atoms with Crippen molar-refractivity contribution in [1.82, 2.24) is 10.9 Å². The van der Waals surface area contributed by atoms with E-state index < -0.39 is 29.1 Å². The zero-order valence-corrected chi connectivity index (χ0v) is 12.5. The fourth-order valence-electron chi connectivity index (χ4n) is 1.94. The van der Waals surface area contributed by atoms with Crippen molar-refractivity contribution >= 4 is 18.0 Å². The largest absolute Gasteiger partial charge is 0.417 e. The maximum Gasteiger partial charge on any atom is 0.417 e. The molecular formula is C16H12F3N3O3. The van der Waals surface area contributed by atoms with Crippen molar-refractivity contribution in [2.24, 2.45) is 5.10 Å². The zero-order valence-electron chi connectivity index (χ0n) is 12.5. The molecule has 0 unspecified atom stereocenters. The Morgan fingerprint density at radius 3 is 2.24 bits per heavy atom. The number of nitrogens with zero attached hydrogens (tertiary/aromatic N) is 1. The van der Waals surface area contributed by atoms with Gasteiger partial charge in [0.25, 0.3) is 11.8 Å². The van der Waals surface area contributed by atoms with E-state index in [1.165, 1.54) is 48.1 Å². The van der Waals surface area contributed by atoms with Crippen LogP contribution in [0.2, 0.25) is 0 Å². The molecule has 9 heteroatoms. The molecule has 2 aromatic rings. The molecule has 0 saturated carbocycles. The summed E-state index contributed by atoms with van der Waals surface area (Å²) in [4.78, 5) is 23.0. The molecule has 130 valence electrons. The molecule has 6 nitrogen and oxygen atoms in total. The minimum atomic E-state index is -4.65. The lowest BCUT2D eigenvalue weighted by Crippen LogP contribution is -2.22. The average Bonchev–Trinajstić information content (AvgIpc) is 2.60. The number of alkyl halides is 3. The van der Waals surface area contributed by atoms with Crippen LogP contribution in [0.1, 0.15) is 31.8 Å². The number of hydrogen-bond acceptors (Lipinski definition) is 4. The second-order valence-electron chi connectivity index (χ2n) is 4.81. The Labute approximate surface area is 139 Å². The second kappa shape index (κ2) is 7.58. The Kier molecular flexibility index (Phi) is 5.50. The maximum atomic E-state index is 12.9. The molecule has 0 spiro atoms. The van der Waals surface area contributed by atoms with Crippen LogP contribution in [-0.4, -0.2) is 23.2 Å². The number of halogens is 3. The third-order valence-corrected chi connectivity index (χ3v) is 3.13. The van der Waals surface area contributed by atoms with Crippen LogP contribution in [0.15, 0.2) is 53.6 Å². The van der Waals surface area contributed by atoms with Crippen molar-refractivity contribution < 1.29 is 28.0 Å². The van der Waals surface area contributed by atoms with Crippen molar-refractivity contribution in [3.63, 3.8) is 0 Å². The summed E-state index contributed by atoms with van der Waals surface area (Å²) in [5.41, 5.74) is 2.58. The van der Waals surface area contributed by atoms with E-state index in [9.17, 15) is 22.8 Å². The summed E-state index contributed by atoms with van der Waals surface area (Å²) < 4.78 is 38.6. The lowest BCUT2D eigenvalue weighted by molar-refractivity contribution is -0.137. The highest BCUT2D eigenvalue weighted by Crippen LogP contribution is 2.31. The normalized spacial score (nSPS) is 11.4. The Morgan fingerprint density at radius 1 is 1.00 bits per heavy atom. The van der Waals surface area contributed by atoms with Gasteiger partial charge in [0.15, 0.2) is 0 Å². The van der Waals surface area contributed by atoms with E-state index >= 15 is 0 Å². The molecule has 2 rings (SSSR count). The molecule has 2 amide bonds. The number of amides is 2. The van der Waals surface area contributed by atoms with E-state index in [2.05, 4.69) is 5.10 Å². The van der Waals surface area contributed by atoms with E-state index in [-0.39, 0.29) is 5.56 Å². The van der Waals surface area contributed by atoms with Crippen LogP contribution >= 0.6 is 0 Å². The van der Waals surface area contributed by atoms with Crippen LogP contribution in [0.25, 0.3) is 0 Å². The van der Waals surface area contributed by atoms with Gasteiger partial charge in [-0.05, 0) is 29.8 Å². The summed E-state index contributed by atoms with van der Waals surface area (Å²) in [6.45, 7) is 0. The predicted octanol–water partition coefficient (Wildman–Crippen LogP) is 2.59. The van der Waals surface area contributed by atoms with Gasteiger partial charge in [-0.2, -0.15) is 18.3 Å². The topological polar surface area (TPSA) is 90.8 Å². The van der Waals surface area contributed by atoms with E-state index in [4.69, 9.17) is 5.21 Å². The lowest BCUT2D eigenvalue weighted by atomic mass is 10.1. The van der Waals surface area contributed by atoms with Gasteiger partial charge in [-0.1, -0.05) is 24.3 Å². The highest BCUT2D eigenvalue weighted by Gasteiger charge is 2.34. The number of hydrazone groups is 1. The fourth-order valence-corrected chi connectivity index (χ4v) is 1.94. The first kappa shape index (κ1) is 18.1. The van der Waals surface area contributed by atoms with Gasteiger partial charge < -0.3 is 0 Å². The van der Waals surface area contributed by atoms with Crippen LogP contribution < -0.4 is 10.9 Å². The molecule has 2 aromatic carbocycles. The molecule has 0 heterocycles. The molecule has 0 atom stereocenters. The molecular weight excluding hydrogens is 339 g/mol. The second-order valence-corrected chi connectivity index (χ2v) is 4.81. The summed E-state index contributed by atoms with van der Waals surface area (Å²) >= 11 is 0. The van der Waals surface area contributed by atoms with Gasteiger partial charge in [0.1, 0.15) is 0 Å². The molecule has 0 radical (unpaired) electrons. The maximum absolute atomic E-state index is 12.9. The Bertz CT molecular complexity index is 802. The number of hydroxylamine groups is 1. The number of carbonyl (C=O) groups is 2. The summed E-state index contributed by atoms with van der Waals surface area (Å²) in [7, 11) is 0. The highest BCUT2D eigenvalue weighted by molar-refractivity contribution is 5.97. The van der Waals surface area contributed by atoms with E-state index in [1.54, 1.807) is 0 Å². The van der Waals surface area contributed by atoms with Crippen LogP contribution in [0.3, 0.4) is 0 Å². The Hall–Kier alpha value is -3.20. The predicted molar refractivity (Wildman–Crippen MR) is 82.2 cm³/mol. The number of nitrogens with one attached hydrogen (secondary N) is 2. The number of rotatable bonds is 4. The quantitative estimate of drug-likeness (QED) is 0.449. The number of benzene rings is 2. The van der Waals surface area contributed by atoms with Crippen LogP contribution in [0.4, 0.5) is 13.2 Å². The number of carbonyl (C=O) groups excluding carboxylic acids is 2. The van der Waals surface area contributed by atoms with Gasteiger partial charge in [0.2, 0.25) is 0 Å². The standard InChI is InChI=1S/C16H12F3N3O3/c17-16(18,19)13-4-2-1-3-12(13)15(24)21-20-9-10-5-7-11(8-6-10)14(23)22-25/h1-9,25H,(H,21,24)(H,22,23). The molecule has 0 aromatic heterocycles. The van der Waals surface area contributed by atoms with Crippen LogP contribution in [-0.2, 0) is 6.18 Å². The SMILES string of the molecule is O=C(NO)c1ccc(C=NNC(=O)c2ccccc2C(F)(F)F)cc1. The zero-order chi connectivity index (χ0) is 18.4. The molecule has 0 fully saturated rings. The molecule has 0 bridgehead atoms.